The maximum Gasteiger partial charge on any atom is 0.488 e. The van der Waals surface area contributed by atoms with E-state index in [9.17, 15) is 33.9 Å². The van der Waals surface area contributed by atoms with Crippen molar-refractivity contribution in [2.24, 2.45) is 0 Å². The van der Waals surface area contributed by atoms with Crippen LogP contribution in [0.2, 0.25) is 0 Å². The van der Waals surface area contributed by atoms with E-state index in [0.717, 1.165) is 44.1 Å². The summed E-state index contributed by atoms with van der Waals surface area (Å²) in [5.74, 6) is -2.11. The van der Waals surface area contributed by atoms with Crippen molar-refractivity contribution in [2.45, 2.75) is 55.4 Å². The summed E-state index contributed by atoms with van der Waals surface area (Å²) < 4.78 is 41.8. The molecule has 0 fully saturated rings. The molecular formula is C82H92BI3O20. The largest absolute Gasteiger partial charge is 0.507 e. The summed E-state index contributed by atoms with van der Waals surface area (Å²) >= 11 is 6.23. The molecule has 0 aromatic heterocycles. The maximum absolute atomic E-state index is 11.7. The van der Waals surface area contributed by atoms with E-state index in [4.69, 9.17) is 53.8 Å². The van der Waals surface area contributed by atoms with Crippen LogP contribution in [0.1, 0.15) is 118 Å². The van der Waals surface area contributed by atoms with Gasteiger partial charge in [-0.15, -0.1) is 0 Å². The molecule has 0 saturated carbocycles. The quantitative estimate of drug-likeness (QED) is 0.0255. The number of carbonyl (C=O) groups excluding carboxylic acids is 4. The van der Waals surface area contributed by atoms with Crippen LogP contribution in [-0.2, 0) is 18.9 Å². The van der Waals surface area contributed by atoms with Crippen LogP contribution >= 0.6 is 67.8 Å². The standard InChI is InChI=1S/2C15H14O3.C13H10O3.2C9H9IO3.C7H5IO3.C6H7BO2.4C2H6/c2*1-17-14-9-8-12(10-13(14)15(16)18-2)11-6-4-3-5-7-11;14-12-7-6-10(8-11(12)13(15)16)9-4-2-1-3-5-9;2*1-12-8-4-3-6(10)5-7(8)9(11)13-2;8-4-1-2-6(9)5(3-4)7(10)11;8-7(9)6-4-2-1-3-5-6;4*1-2/h2*3-10H,1-2H3;1-8,14H,(H,15,16);2*3-5H,1-2H3;1-3,9H,(H,10,11);1-5,8-9H;4*1-2H3. The molecule has 24 heteroatoms. The van der Waals surface area contributed by atoms with E-state index in [1.807, 2.05) is 199 Å². The Bertz CT molecular complexity index is 4060. The molecule has 0 bridgehead atoms. The first-order valence-electron chi connectivity index (χ1n) is 32.7. The van der Waals surface area contributed by atoms with Crippen LogP contribution in [0.3, 0.4) is 0 Å². The zero-order valence-electron chi connectivity index (χ0n) is 62.0. The topological polar surface area (TPSA) is 298 Å². The highest BCUT2D eigenvalue weighted by Gasteiger charge is 2.18. The molecule has 0 aliphatic rings. The smallest absolute Gasteiger partial charge is 0.488 e. The summed E-state index contributed by atoms with van der Waals surface area (Å²) in [6.07, 6.45) is 0. The summed E-state index contributed by atoms with van der Waals surface area (Å²) in [6, 6.07) is 68.3. The number of halogens is 3. The van der Waals surface area contributed by atoms with Crippen LogP contribution in [0.15, 0.2) is 231 Å². The Morgan fingerprint density at radius 3 is 0.745 bits per heavy atom. The van der Waals surface area contributed by atoms with Gasteiger partial charge in [0.15, 0.2) is 0 Å². The number of rotatable bonds is 14. The van der Waals surface area contributed by atoms with Crippen LogP contribution in [-0.4, -0.2) is 130 Å². The van der Waals surface area contributed by atoms with Crippen LogP contribution in [0.5, 0.6) is 34.5 Å². The minimum atomic E-state index is -1.34. The Hall–Kier alpha value is -10.0. The van der Waals surface area contributed by atoms with Crippen molar-refractivity contribution in [3.8, 4) is 67.9 Å². The van der Waals surface area contributed by atoms with Crippen molar-refractivity contribution in [3.63, 3.8) is 0 Å². The molecule has 0 spiro atoms. The third-order valence-corrected chi connectivity index (χ3v) is 15.2. The van der Waals surface area contributed by atoms with Crippen LogP contribution in [0.4, 0.5) is 0 Å². The third-order valence-electron chi connectivity index (χ3n) is 13.2. The molecule has 20 nitrogen and oxygen atoms in total. The van der Waals surface area contributed by atoms with Crippen molar-refractivity contribution in [2.75, 3.05) is 56.9 Å². The first kappa shape index (κ1) is 96.0. The van der Waals surface area contributed by atoms with Crippen molar-refractivity contribution >= 4 is 116 Å². The van der Waals surface area contributed by atoms with E-state index in [1.165, 1.54) is 81.1 Å². The highest BCUT2D eigenvalue weighted by molar-refractivity contribution is 14.1. The minimum Gasteiger partial charge on any atom is -0.507 e. The SMILES string of the molecule is CC.CC.CC.CC.COC(=O)c1cc(-c2ccccc2)ccc1OC.COC(=O)c1cc(-c2ccccc2)ccc1OC.COC(=O)c1cc(I)ccc1OC.COC(=O)c1cc(I)ccc1OC.O=C(O)c1cc(-c2ccccc2)ccc1O.O=C(O)c1cc(I)ccc1O.OB(O)c1ccccc1. The van der Waals surface area contributed by atoms with E-state index in [2.05, 4.69) is 54.7 Å². The molecule has 0 saturated heterocycles. The average molecular weight is 1790 g/mol. The predicted molar refractivity (Wildman–Crippen MR) is 444 cm³/mol. The van der Waals surface area contributed by atoms with E-state index in [-0.39, 0.29) is 34.6 Å². The predicted octanol–water partition coefficient (Wildman–Crippen LogP) is 18.4. The summed E-state index contributed by atoms with van der Waals surface area (Å²) in [7, 11) is 10.2. The van der Waals surface area contributed by atoms with E-state index in [1.54, 1.807) is 84.9 Å². The Morgan fingerprint density at radius 1 is 0.283 bits per heavy atom. The van der Waals surface area contributed by atoms with Gasteiger partial charge in [0.25, 0.3) is 0 Å². The molecule has 10 aromatic carbocycles. The second kappa shape index (κ2) is 55.5. The molecule has 0 heterocycles. The van der Waals surface area contributed by atoms with Gasteiger partial charge in [-0.2, -0.15) is 0 Å². The summed E-state index contributed by atoms with van der Waals surface area (Å²) in [6.45, 7) is 16.0. The van der Waals surface area contributed by atoms with Crippen LogP contribution in [0.25, 0.3) is 33.4 Å². The van der Waals surface area contributed by atoms with Gasteiger partial charge in [-0.1, -0.05) is 195 Å². The summed E-state index contributed by atoms with van der Waals surface area (Å²) in [4.78, 5) is 67.1. The lowest BCUT2D eigenvalue weighted by molar-refractivity contribution is 0.0588. The van der Waals surface area contributed by atoms with Crippen LogP contribution < -0.4 is 24.4 Å². The fourth-order valence-electron chi connectivity index (χ4n) is 8.30. The first-order chi connectivity index (χ1) is 51.0. The molecule has 0 atom stereocenters. The highest BCUT2D eigenvalue weighted by Crippen LogP contribution is 2.30. The lowest BCUT2D eigenvalue weighted by Crippen LogP contribution is -2.29. The van der Waals surface area contributed by atoms with E-state index < -0.39 is 31.0 Å². The van der Waals surface area contributed by atoms with Gasteiger partial charge in [0.05, 0.1) is 56.9 Å². The van der Waals surface area contributed by atoms with Gasteiger partial charge in [0, 0.05) is 10.7 Å². The van der Waals surface area contributed by atoms with Crippen molar-refractivity contribution in [1.82, 2.24) is 0 Å². The fourth-order valence-corrected chi connectivity index (χ4v) is 9.77. The van der Waals surface area contributed by atoms with Gasteiger partial charge < -0.3 is 68.4 Å². The molecule has 0 aliphatic heterocycles. The fraction of sp³-hybridized carbons (Fsp3) is 0.195. The summed E-state index contributed by atoms with van der Waals surface area (Å²) in [5.41, 5.74) is 7.86. The number of ether oxygens (including phenoxy) is 8. The zero-order valence-corrected chi connectivity index (χ0v) is 68.5. The second-order valence-corrected chi connectivity index (χ2v) is 23.1. The first-order valence-corrected chi connectivity index (χ1v) is 35.9. The molecular weight excluding hydrogens is 1700 g/mol. The second-order valence-electron chi connectivity index (χ2n) is 19.4. The molecule has 6 N–H and O–H groups in total. The van der Waals surface area contributed by atoms with Crippen molar-refractivity contribution in [1.29, 1.82) is 0 Å². The Morgan fingerprint density at radius 2 is 0.500 bits per heavy atom. The molecule has 10 aromatic rings. The van der Waals surface area contributed by atoms with Gasteiger partial charge in [-0.3, -0.25) is 0 Å². The molecule has 564 valence electrons. The maximum atomic E-state index is 11.7. The molecule has 0 unspecified atom stereocenters. The van der Waals surface area contributed by atoms with Crippen LogP contribution in [0, 0.1) is 10.7 Å². The number of carboxylic acids is 2. The number of aromatic hydroxyl groups is 2. The summed E-state index contributed by atoms with van der Waals surface area (Å²) in [5, 5.41) is 53.0. The van der Waals surface area contributed by atoms with Gasteiger partial charge in [0.1, 0.15) is 67.9 Å². The average Bonchev–Trinajstić information content (AvgIpc) is 0.823. The monoisotopic (exact) mass is 1790 g/mol. The van der Waals surface area contributed by atoms with E-state index in [0.29, 0.717) is 50.7 Å². The van der Waals surface area contributed by atoms with Gasteiger partial charge in [-0.05, 0) is 198 Å². The van der Waals surface area contributed by atoms with Crippen molar-refractivity contribution in [3.05, 3.63) is 275 Å². The lowest BCUT2D eigenvalue weighted by Gasteiger charge is -2.09. The van der Waals surface area contributed by atoms with Gasteiger partial charge in [0.2, 0.25) is 0 Å². The number of carboxylic acid groups (broad SMARTS) is 2. The molecule has 0 amide bonds. The number of hydrogen-bond donors (Lipinski definition) is 6. The number of methoxy groups -OCH3 is 8. The molecule has 106 heavy (non-hydrogen) atoms. The number of hydrogen-bond acceptors (Lipinski definition) is 18. The zero-order chi connectivity index (χ0) is 80.3. The van der Waals surface area contributed by atoms with Gasteiger partial charge >= 0.3 is 42.9 Å². The molecule has 10 rings (SSSR count). The number of aromatic carboxylic acids is 2. The number of esters is 4. The van der Waals surface area contributed by atoms with E-state index >= 15 is 0 Å². The highest BCUT2D eigenvalue weighted by atomic mass is 127. The Balaban J connectivity index is 0.00000120. The van der Waals surface area contributed by atoms with Gasteiger partial charge in [-0.25, -0.2) is 28.8 Å². The Kier molecular flexibility index (Phi) is 50.2. The Labute approximate surface area is 662 Å². The third kappa shape index (κ3) is 33.4. The molecule has 0 aliphatic carbocycles. The lowest BCUT2D eigenvalue weighted by atomic mass is 9.81. The number of phenols is 2. The minimum absolute atomic E-state index is 0.0584. The van der Waals surface area contributed by atoms with Crippen molar-refractivity contribution < 1.29 is 97.1 Å². The number of benzene rings is 10. The molecule has 0 radical (unpaired) electrons. The number of carbonyl (C=O) groups is 6. The normalized spacial score (nSPS) is 9.18.